The summed E-state index contributed by atoms with van der Waals surface area (Å²) in [4.78, 5) is 28.4. The summed E-state index contributed by atoms with van der Waals surface area (Å²) in [5.74, 6) is 0.416. The summed E-state index contributed by atoms with van der Waals surface area (Å²) in [6.07, 6.45) is 1.85. The van der Waals surface area contributed by atoms with Gasteiger partial charge in [-0.1, -0.05) is 44.2 Å². The molecule has 0 unspecified atom stereocenters. The Bertz CT molecular complexity index is 566. The summed E-state index contributed by atoms with van der Waals surface area (Å²) in [7, 11) is 0. The van der Waals surface area contributed by atoms with Crippen molar-refractivity contribution in [3.63, 3.8) is 0 Å². The molecule has 23 heavy (non-hydrogen) atoms. The van der Waals surface area contributed by atoms with Crippen LogP contribution in [0.4, 0.5) is 0 Å². The smallest absolute Gasteiger partial charge is 0.242 e. The maximum Gasteiger partial charge on any atom is 0.242 e. The van der Waals surface area contributed by atoms with E-state index in [1.165, 1.54) is 11.8 Å². The predicted molar refractivity (Wildman–Crippen MR) is 95.8 cm³/mol. The van der Waals surface area contributed by atoms with Gasteiger partial charge in [-0.15, -0.1) is 11.8 Å². The van der Waals surface area contributed by atoms with Gasteiger partial charge in [0, 0.05) is 13.1 Å². The Morgan fingerprint density at radius 1 is 1.17 bits per heavy atom. The van der Waals surface area contributed by atoms with Gasteiger partial charge in [-0.2, -0.15) is 0 Å². The Morgan fingerprint density at radius 3 is 2.43 bits per heavy atom. The Balaban J connectivity index is 2.17. The van der Waals surface area contributed by atoms with Crippen LogP contribution in [0.5, 0.6) is 0 Å². The van der Waals surface area contributed by atoms with Gasteiger partial charge in [0.15, 0.2) is 0 Å². The van der Waals surface area contributed by atoms with Crippen molar-refractivity contribution >= 4 is 29.3 Å². The minimum absolute atomic E-state index is 0.00218. The van der Waals surface area contributed by atoms with Crippen molar-refractivity contribution in [3.05, 3.63) is 41.3 Å². The number of carbonyl (C=O) groups excluding carboxylic acids is 2. The van der Waals surface area contributed by atoms with Crippen LogP contribution in [0.2, 0.25) is 0 Å². The number of amides is 2. The monoisotopic (exact) mass is 332 g/mol. The third-order valence-electron chi connectivity index (χ3n) is 3.70. The molecule has 2 amide bonds. The van der Waals surface area contributed by atoms with E-state index in [0.29, 0.717) is 5.75 Å². The summed E-state index contributed by atoms with van der Waals surface area (Å²) in [6, 6.07) is 9.78. The van der Waals surface area contributed by atoms with Crippen molar-refractivity contribution in [1.29, 1.82) is 0 Å². The van der Waals surface area contributed by atoms with Gasteiger partial charge in [0.2, 0.25) is 11.8 Å². The molecule has 124 valence electrons. The lowest BCUT2D eigenvalue weighted by Crippen LogP contribution is -2.44. The molecule has 0 fully saturated rings. The lowest BCUT2D eigenvalue weighted by atomic mass is 10.1. The van der Waals surface area contributed by atoms with Crippen LogP contribution in [-0.2, 0) is 9.59 Å². The standard InChI is InChI=1S/C18H24N2O2S/c1-3-10-19(11-4-2)17(21)12-20-16(13-23-14-18(20)22)15-8-6-5-7-9-15/h5-9,13H,3-4,10-12,14H2,1-2H3. The summed E-state index contributed by atoms with van der Waals surface area (Å²) < 4.78 is 0. The maximum absolute atomic E-state index is 12.6. The fourth-order valence-corrected chi connectivity index (χ4v) is 3.41. The number of carbonyl (C=O) groups is 2. The highest BCUT2D eigenvalue weighted by molar-refractivity contribution is 8.03. The summed E-state index contributed by atoms with van der Waals surface area (Å²) in [6.45, 7) is 5.74. The molecule has 0 aromatic heterocycles. The van der Waals surface area contributed by atoms with Crippen LogP contribution in [0.1, 0.15) is 32.3 Å². The van der Waals surface area contributed by atoms with Gasteiger partial charge in [-0.05, 0) is 23.8 Å². The Morgan fingerprint density at radius 2 is 1.83 bits per heavy atom. The molecule has 0 spiro atoms. The minimum atomic E-state index is -0.00218. The van der Waals surface area contributed by atoms with Gasteiger partial charge in [-0.25, -0.2) is 0 Å². The fraction of sp³-hybridized carbons (Fsp3) is 0.444. The van der Waals surface area contributed by atoms with E-state index in [-0.39, 0.29) is 18.4 Å². The molecule has 0 N–H and O–H groups in total. The first kappa shape index (κ1) is 17.6. The highest BCUT2D eigenvalue weighted by Gasteiger charge is 2.27. The Hall–Kier alpha value is -1.75. The van der Waals surface area contributed by atoms with E-state index >= 15 is 0 Å². The first-order chi connectivity index (χ1) is 11.2. The molecule has 0 bridgehead atoms. The number of nitrogens with zero attached hydrogens (tertiary/aromatic N) is 2. The third kappa shape index (κ3) is 4.61. The first-order valence-corrected chi connectivity index (χ1v) is 9.17. The zero-order chi connectivity index (χ0) is 16.7. The van der Waals surface area contributed by atoms with Crippen molar-refractivity contribution in [2.24, 2.45) is 0 Å². The number of rotatable bonds is 7. The molecule has 1 aliphatic rings. The van der Waals surface area contributed by atoms with Gasteiger partial charge < -0.3 is 9.80 Å². The summed E-state index contributed by atoms with van der Waals surface area (Å²) in [5.41, 5.74) is 1.80. The van der Waals surface area contributed by atoms with Gasteiger partial charge in [0.25, 0.3) is 0 Å². The second-order valence-electron chi connectivity index (χ2n) is 5.54. The average molecular weight is 332 g/mol. The van der Waals surface area contributed by atoms with Gasteiger partial charge in [-0.3, -0.25) is 9.59 Å². The lowest BCUT2D eigenvalue weighted by molar-refractivity contribution is -0.136. The Labute approximate surface area is 142 Å². The molecule has 0 saturated heterocycles. The van der Waals surface area contributed by atoms with E-state index in [1.54, 1.807) is 4.90 Å². The summed E-state index contributed by atoms with van der Waals surface area (Å²) >= 11 is 1.49. The van der Waals surface area contributed by atoms with E-state index < -0.39 is 0 Å². The molecular weight excluding hydrogens is 308 g/mol. The average Bonchev–Trinajstić information content (AvgIpc) is 2.57. The van der Waals surface area contributed by atoms with Crippen LogP contribution in [0.25, 0.3) is 5.70 Å². The SMILES string of the molecule is CCCN(CCC)C(=O)CN1C(=O)CSC=C1c1ccccc1. The second-order valence-corrected chi connectivity index (χ2v) is 6.40. The topological polar surface area (TPSA) is 40.6 Å². The van der Waals surface area contributed by atoms with Crippen molar-refractivity contribution in [2.45, 2.75) is 26.7 Å². The quantitative estimate of drug-likeness (QED) is 0.770. The number of hydrogen-bond acceptors (Lipinski definition) is 3. The first-order valence-electron chi connectivity index (χ1n) is 8.12. The molecule has 0 radical (unpaired) electrons. The molecule has 1 aromatic rings. The van der Waals surface area contributed by atoms with Crippen LogP contribution >= 0.6 is 11.8 Å². The van der Waals surface area contributed by atoms with Gasteiger partial charge in [0.1, 0.15) is 6.54 Å². The molecule has 0 aliphatic carbocycles. The second kappa shape index (κ2) is 8.77. The molecule has 0 atom stereocenters. The van der Waals surface area contributed by atoms with E-state index in [4.69, 9.17) is 0 Å². The highest BCUT2D eigenvalue weighted by atomic mass is 32.2. The van der Waals surface area contributed by atoms with E-state index in [2.05, 4.69) is 13.8 Å². The fourth-order valence-electron chi connectivity index (χ4n) is 2.61. The lowest BCUT2D eigenvalue weighted by Gasteiger charge is -2.31. The number of thioether (sulfide) groups is 1. The number of hydrogen-bond donors (Lipinski definition) is 0. The van der Waals surface area contributed by atoms with Crippen molar-refractivity contribution in [3.8, 4) is 0 Å². The van der Waals surface area contributed by atoms with Gasteiger partial charge in [0.05, 0.1) is 11.4 Å². The van der Waals surface area contributed by atoms with Crippen molar-refractivity contribution in [2.75, 3.05) is 25.4 Å². The minimum Gasteiger partial charge on any atom is -0.341 e. The Kier molecular flexibility index (Phi) is 6.71. The van der Waals surface area contributed by atoms with Gasteiger partial charge >= 0.3 is 0 Å². The van der Waals surface area contributed by atoms with Crippen LogP contribution in [-0.4, -0.2) is 47.0 Å². The highest BCUT2D eigenvalue weighted by Crippen LogP contribution is 2.28. The van der Waals surface area contributed by atoms with E-state index in [0.717, 1.165) is 37.2 Å². The third-order valence-corrected chi connectivity index (χ3v) is 4.50. The molecule has 1 aromatic carbocycles. The zero-order valence-electron chi connectivity index (χ0n) is 13.8. The van der Waals surface area contributed by atoms with Crippen LogP contribution in [0, 0.1) is 0 Å². The largest absolute Gasteiger partial charge is 0.341 e. The molecule has 1 aliphatic heterocycles. The molecule has 4 nitrogen and oxygen atoms in total. The molecule has 0 saturated carbocycles. The van der Waals surface area contributed by atoms with Crippen molar-refractivity contribution in [1.82, 2.24) is 9.80 Å². The van der Waals surface area contributed by atoms with Crippen molar-refractivity contribution < 1.29 is 9.59 Å². The van der Waals surface area contributed by atoms with Crippen LogP contribution < -0.4 is 0 Å². The van der Waals surface area contributed by atoms with Crippen LogP contribution in [0.3, 0.4) is 0 Å². The molecular formula is C18H24N2O2S. The maximum atomic E-state index is 12.6. The normalized spacial score (nSPS) is 14.6. The summed E-state index contributed by atoms with van der Waals surface area (Å²) in [5, 5.41) is 1.98. The number of benzene rings is 1. The van der Waals surface area contributed by atoms with E-state index in [9.17, 15) is 9.59 Å². The van der Waals surface area contributed by atoms with E-state index in [1.807, 2.05) is 40.6 Å². The molecule has 1 heterocycles. The molecule has 5 heteroatoms. The van der Waals surface area contributed by atoms with Crippen LogP contribution in [0.15, 0.2) is 35.7 Å². The zero-order valence-corrected chi connectivity index (χ0v) is 14.6. The molecule has 2 rings (SSSR count). The predicted octanol–water partition coefficient (Wildman–Crippen LogP) is 3.21.